The van der Waals surface area contributed by atoms with E-state index in [0.717, 1.165) is 26.8 Å². The predicted molar refractivity (Wildman–Crippen MR) is 74.7 cm³/mol. The Morgan fingerprint density at radius 1 is 1.17 bits per heavy atom. The van der Waals surface area contributed by atoms with Crippen LogP contribution >= 0.6 is 15.9 Å². The highest BCUT2D eigenvalue weighted by Crippen LogP contribution is 2.23. The lowest BCUT2D eigenvalue weighted by Crippen LogP contribution is -1.94. The van der Waals surface area contributed by atoms with E-state index in [2.05, 4.69) is 20.9 Å². The minimum absolute atomic E-state index is 0.0333. The summed E-state index contributed by atoms with van der Waals surface area (Å²) >= 11 is 3.46. The number of fused-ring (bicyclic) bond motifs is 1. The minimum Gasteiger partial charge on any atom is -0.392 e. The number of hydrogen-bond donors (Lipinski definition) is 1. The van der Waals surface area contributed by atoms with Gasteiger partial charge in [-0.15, -0.1) is 0 Å². The molecular formula is C14H11BrN2O. The molecule has 1 heterocycles. The zero-order chi connectivity index (χ0) is 12.5. The number of para-hydroxylation sites is 2. The lowest BCUT2D eigenvalue weighted by atomic mass is 10.2. The number of imidazole rings is 1. The number of aromatic nitrogens is 2. The topological polar surface area (TPSA) is 38.0 Å². The van der Waals surface area contributed by atoms with E-state index in [0.29, 0.717) is 0 Å². The molecule has 3 rings (SSSR count). The van der Waals surface area contributed by atoms with Gasteiger partial charge in [0.25, 0.3) is 0 Å². The van der Waals surface area contributed by atoms with Crippen LogP contribution in [0.3, 0.4) is 0 Å². The largest absolute Gasteiger partial charge is 0.392 e. The van der Waals surface area contributed by atoms with Gasteiger partial charge in [0.15, 0.2) is 0 Å². The second-order valence-corrected chi connectivity index (χ2v) is 4.89. The van der Waals surface area contributed by atoms with Crippen LogP contribution in [-0.4, -0.2) is 14.7 Å². The standard InChI is InChI=1S/C14H11BrN2O/c15-12-7-11(6-5-10(12)8-18)17-9-16-13-3-1-2-4-14(13)17/h1-7,9,18H,8H2. The Balaban J connectivity index is 2.17. The Bertz CT molecular complexity index is 706. The summed E-state index contributed by atoms with van der Waals surface area (Å²) in [6.45, 7) is 0.0333. The number of aliphatic hydroxyl groups is 1. The molecule has 0 aliphatic rings. The van der Waals surface area contributed by atoms with Gasteiger partial charge in [0, 0.05) is 10.2 Å². The monoisotopic (exact) mass is 302 g/mol. The summed E-state index contributed by atoms with van der Waals surface area (Å²) in [7, 11) is 0. The summed E-state index contributed by atoms with van der Waals surface area (Å²) in [4.78, 5) is 4.37. The molecule has 0 aliphatic carbocycles. The Hall–Kier alpha value is -1.65. The lowest BCUT2D eigenvalue weighted by molar-refractivity contribution is 0.281. The fourth-order valence-corrected chi connectivity index (χ4v) is 2.47. The van der Waals surface area contributed by atoms with Crippen molar-refractivity contribution in [2.45, 2.75) is 6.61 Å². The van der Waals surface area contributed by atoms with Gasteiger partial charge < -0.3 is 5.11 Å². The van der Waals surface area contributed by atoms with Crippen LogP contribution in [0.4, 0.5) is 0 Å². The number of rotatable bonds is 2. The van der Waals surface area contributed by atoms with Gasteiger partial charge in [-0.3, -0.25) is 4.57 Å². The molecule has 3 aromatic rings. The molecule has 0 spiro atoms. The van der Waals surface area contributed by atoms with Crippen molar-refractivity contribution in [2.75, 3.05) is 0 Å². The zero-order valence-electron chi connectivity index (χ0n) is 9.55. The molecule has 2 aromatic carbocycles. The molecule has 18 heavy (non-hydrogen) atoms. The average molecular weight is 303 g/mol. The van der Waals surface area contributed by atoms with Crippen molar-refractivity contribution in [3.8, 4) is 5.69 Å². The number of halogens is 1. The van der Waals surface area contributed by atoms with E-state index in [4.69, 9.17) is 5.11 Å². The average Bonchev–Trinajstić information content (AvgIpc) is 2.82. The Morgan fingerprint density at radius 3 is 2.78 bits per heavy atom. The smallest absolute Gasteiger partial charge is 0.100 e. The Labute approximate surface area is 113 Å². The summed E-state index contributed by atoms with van der Waals surface area (Å²) in [5, 5.41) is 9.16. The van der Waals surface area contributed by atoms with E-state index >= 15 is 0 Å². The molecular weight excluding hydrogens is 292 g/mol. The molecule has 0 aliphatic heterocycles. The zero-order valence-corrected chi connectivity index (χ0v) is 11.1. The maximum Gasteiger partial charge on any atom is 0.100 e. The van der Waals surface area contributed by atoms with Crippen LogP contribution in [0.2, 0.25) is 0 Å². The van der Waals surface area contributed by atoms with Crippen molar-refractivity contribution in [2.24, 2.45) is 0 Å². The van der Waals surface area contributed by atoms with Crippen molar-refractivity contribution in [1.29, 1.82) is 0 Å². The van der Waals surface area contributed by atoms with Gasteiger partial charge in [-0.1, -0.05) is 34.1 Å². The van der Waals surface area contributed by atoms with Crippen molar-refractivity contribution >= 4 is 27.0 Å². The minimum atomic E-state index is 0.0333. The fraction of sp³-hybridized carbons (Fsp3) is 0.0714. The van der Waals surface area contributed by atoms with Gasteiger partial charge in [-0.25, -0.2) is 4.98 Å². The van der Waals surface area contributed by atoms with E-state index in [9.17, 15) is 0 Å². The van der Waals surface area contributed by atoms with Gasteiger partial charge in [-0.05, 0) is 29.8 Å². The molecule has 90 valence electrons. The highest BCUT2D eigenvalue weighted by Gasteiger charge is 2.06. The predicted octanol–water partition coefficient (Wildman–Crippen LogP) is 3.28. The summed E-state index contributed by atoms with van der Waals surface area (Å²) < 4.78 is 2.93. The van der Waals surface area contributed by atoms with Gasteiger partial charge in [0.1, 0.15) is 6.33 Å². The van der Waals surface area contributed by atoms with Crippen molar-refractivity contribution in [3.05, 3.63) is 58.8 Å². The van der Waals surface area contributed by atoms with Crippen molar-refractivity contribution < 1.29 is 5.11 Å². The number of hydrogen-bond acceptors (Lipinski definition) is 2. The normalized spacial score (nSPS) is 11.0. The molecule has 0 unspecified atom stereocenters. The van der Waals surface area contributed by atoms with Crippen LogP contribution in [0.5, 0.6) is 0 Å². The van der Waals surface area contributed by atoms with E-state index in [1.165, 1.54) is 0 Å². The Kier molecular flexibility index (Phi) is 2.89. The number of nitrogens with zero attached hydrogens (tertiary/aromatic N) is 2. The Morgan fingerprint density at radius 2 is 2.00 bits per heavy atom. The van der Waals surface area contributed by atoms with E-state index in [-0.39, 0.29) is 6.61 Å². The van der Waals surface area contributed by atoms with Crippen LogP contribution in [-0.2, 0) is 6.61 Å². The van der Waals surface area contributed by atoms with E-state index in [1.807, 2.05) is 53.4 Å². The SMILES string of the molecule is OCc1ccc(-n2cnc3ccccc32)cc1Br. The molecule has 1 aromatic heterocycles. The van der Waals surface area contributed by atoms with Gasteiger partial charge in [0.2, 0.25) is 0 Å². The van der Waals surface area contributed by atoms with Crippen LogP contribution in [0.15, 0.2) is 53.3 Å². The molecule has 0 saturated carbocycles. The molecule has 0 radical (unpaired) electrons. The van der Waals surface area contributed by atoms with Crippen LogP contribution in [0.25, 0.3) is 16.7 Å². The highest BCUT2D eigenvalue weighted by atomic mass is 79.9. The van der Waals surface area contributed by atoms with Crippen LogP contribution in [0.1, 0.15) is 5.56 Å². The first-order valence-corrected chi connectivity index (χ1v) is 6.40. The summed E-state index contributed by atoms with van der Waals surface area (Å²) in [6.07, 6.45) is 1.81. The van der Waals surface area contributed by atoms with Crippen molar-refractivity contribution in [1.82, 2.24) is 9.55 Å². The fourth-order valence-electron chi connectivity index (χ4n) is 1.98. The molecule has 4 heteroatoms. The van der Waals surface area contributed by atoms with E-state index < -0.39 is 0 Å². The lowest BCUT2D eigenvalue weighted by Gasteiger charge is -2.07. The van der Waals surface area contributed by atoms with Gasteiger partial charge in [0.05, 0.1) is 17.6 Å². The third-order valence-corrected chi connectivity index (χ3v) is 3.68. The van der Waals surface area contributed by atoms with Gasteiger partial charge in [-0.2, -0.15) is 0 Å². The van der Waals surface area contributed by atoms with Crippen molar-refractivity contribution in [3.63, 3.8) is 0 Å². The number of aliphatic hydroxyl groups excluding tert-OH is 1. The molecule has 1 N–H and O–H groups in total. The summed E-state index contributed by atoms with van der Waals surface area (Å²) in [5.41, 5.74) is 3.94. The maximum atomic E-state index is 9.16. The molecule has 0 saturated heterocycles. The third-order valence-electron chi connectivity index (χ3n) is 2.94. The summed E-state index contributed by atoms with van der Waals surface area (Å²) in [6, 6.07) is 13.9. The number of benzene rings is 2. The van der Waals surface area contributed by atoms with Gasteiger partial charge >= 0.3 is 0 Å². The first-order chi connectivity index (χ1) is 8.79. The third kappa shape index (κ3) is 1.83. The maximum absolute atomic E-state index is 9.16. The highest BCUT2D eigenvalue weighted by molar-refractivity contribution is 9.10. The first kappa shape index (κ1) is 11.4. The van der Waals surface area contributed by atoms with Crippen LogP contribution < -0.4 is 0 Å². The second kappa shape index (κ2) is 4.55. The summed E-state index contributed by atoms with van der Waals surface area (Å²) in [5.74, 6) is 0. The van der Waals surface area contributed by atoms with Crippen LogP contribution in [0, 0.1) is 0 Å². The molecule has 0 amide bonds. The first-order valence-electron chi connectivity index (χ1n) is 5.61. The quantitative estimate of drug-likeness (QED) is 0.789. The molecule has 0 fully saturated rings. The molecule has 0 bridgehead atoms. The second-order valence-electron chi connectivity index (χ2n) is 4.04. The van der Waals surface area contributed by atoms with E-state index in [1.54, 1.807) is 0 Å². The molecule has 3 nitrogen and oxygen atoms in total. The molecule has 0 atom stereocenters.